The maximum absolute atomic E-state index is 13.1. The number of nitrogens with two attached hydrogens (primary N) is 1. The smallest absolute Gasteiger partial charge is 0.308 e. The summed E-state index contributed by atoms with van der Waals surface area (Å²) in [6, 6.07) is 2.94. The Balaban J connectivity index is 0.00000225. The van der Waals surface area contributed by atoms with E-state index >= 15 is 0 Å². The fraction of sp³-hybridized carbons (Fsp3) is 0.300. The van der Waals surface area contributed by atoms with Gasteiger partial charge in [0.05, 0.1) is 5.92 Å². The van der Waals surface area contributed by atoms with Crippen LogP contribution in [0.15, 0.2) is 18.2 Å². The summed E-state index contributed by atoms with van der Waals surface area (Å²) < 4.78 is 25.9. The van der Waals surface area contributed by atoms with Crippen molar-refractivity contribution in [2.24, 2.45) is 11.7 Å². The number of hydrogen-bond donors (Lipinski definition) is 2. The summed E-state index contributed by atoms with van der Waals surface area (Å²) in [7, 11) is 0. The van der Waals surface area contributed by atoms with Crippen molar-refractivity contribution in [2.45, 2.75) is 6.42 Å². The summed E-state index contributed by atoms with van der Waals surface area (Å²) in [5, 5.41) is 8.70. The lowest BCUT2D eigenvalue weighted by atomic mass is 9.99. The van der Waals surface area contributed by atoms with Gasteiger partial charge in [-0.05, 0) is 30.2 Å². The molecule has 0 radical (unpaired) electrons. The number of carboxylic acid groups (broad SMARTS) is 1. The topological polar surface area (TPSA) is 63.3 Å². The van der Waals surface area contributed by atoms with Crippen molar-refractivity contribution in [1.82, 2.24) is 0 Å². The van der Waals surface area contributed by atoms with E-state index < -0.39 is 23.5 Å². The third-order valence-electron chi connectivity index (χ3n) is 2.11. The normalized spacial score (nSPS) is 11.7. The standard InChI is InChI=1S/C10H11F2NO2.ClH/c11-8-1-2-9(12)6(4-8)3-7(5-13)10(14)15;/h1-2,4,7H,3,5,13H2,(H,14,15);1H/t7-;/m1./s1. The summed E-state index contributed by atoms with van der Waals surface area (Å²) in [5.41, 5.74) is 5.25. The van der Waals surface area contributed by atoms with Crippen molar-refractivity contribution in [3.8, 4) is 0 Å². The number of halogens is 3. The van der Waals surface area contributed by atoms with Crippen LogP contribution in [0.1, 0.15) is 5.56 Å². The van der Waals surface area contributed by atoms with Gasteiger partial charge in [0.15, 0.2) is 0 Å². The molecule has 0 saturated carbocycles. The van der Waals surface area contributed by atoms with E-state index in [1.165, 1.54) is 0 Å². The molecule has 0 aliphatic rings. The molecule has 1 rings (SSSR count). The molecule has 0 aromatic heterocycles. The largest absolute Gasteiger partial charge is 0.481 e. The average Bonchev–Trinajstić information content (AvgIpc) is 2.18. The molecule has 0 heterocycles. The predicted octanol–water partition coefficient (Wildman–Crippen LogP) is 1.59. The molecular weight excluding hydrogens is 240 g/mol. The van der Waals surface area contributed by atoms with Crippen LogP contribution in [0, 0.1) is 17.6 Å². The van der Waals surface area contributed by atoms with Gasteiger partial charge in [0.2, 0.25) is 0 Å². The molecule has 1 aromatic carbocycles. The maximum atomic E-state index is 13.1. The molecule has 16 heavy (non-hydrogen) atoms. The number of carbonyl (C=O) groups is 1. The van der Waals surface area contributed by atoms with E-state index in [0.29, 0.717) is 0 Å². The second-order valence-corrected chi connectivity index (χ2v) is 3.21. The average molecular weight is 252 g/mol. The van der Waals surface area contributed by atoms with Crippen LogP contribution in [-0.2, 0) is 11.2 Å². The summed E-state index contributed by atoms with van der Waals surface area (Å²) in [4.78, 5) is 10.6. The summed E-state index contributed by atoms with van der Waals surface area (Å²) >= 11 is 0. The summed E-state index contributed by atoms with van der Waals surface area (Å²) in [5.74, 6) is -3.20. The van der Waals surface area contributed by atoms with Crippen LogP contribution in [0.4, 0.5) is 8.78 Å². The highest BCUT2D eigenvalue weighted by atomic mass is 35.5. The Morgan fingerprint density at radius 1 is 1.44 bits per heavy atom. The van der Waals surface area contributed by atoms with E-state index in [1.54, 1.807) is 0 Å². The van der Waals surface area contributed by atoms with E-state index in [1.807, 2.05) is 0 Å². The third-order valence-corrected chi connectivity index (χ3v) is 2.11. The van der Waals surface area contributed by atoms with Crippen molar-refractivity contribution >= 4 is 18.4 Å². The Bertz CT molecular complexity index is 374. The van der Waals surface area contributed by atoms with E-state index in [9.17, 15) is 13.6 Å². The summed E-state index contributed by atoms with van der Waals surface area (Å²) in [6.07, 6.45) is -0.102. The first-order valence-electron chi connectivity index (χ1n) is 4.41. The van der Waals surface area contributed by atoms with Crippen LogP contribution in [0.25, 0.3) is 0 Å². The highest BCUT2D eigenvalue weighted by molar-refractivity contribution is 5.85. The fourth-order valence-electron chi connectivity index (χ4n) is 1.24. The van der Waals surface area contributed by atoms with Crippen molar-refractivity contribution in [3.63, 3.8) is 0 Å². The minimum Gasteiger partial charge on any atom is -0.481 e. The van der Waals surface area contributed by atoms with Gasteiger partial charge >= 0.3 is 5.97 Å². The molecular formula is C10H12ClF2NO2. The Kier molecular flexibility index (Phi) is 5.92. The molecule has 0 saturated heterocycles. The lowest BCUT2D eigenvalue weighted by molar-refractivity contribution is -0.141. The number of aliphatic carboxylic acids is 1. The maximum Gasteiger partial charge on any atom is 0.308 e. The molecule has 0 bridgehead atoms. The Labute approximate surface area is 97.7 Å². The molecule has 3 N–H and O–H groups in total. The number of hydrogen-bond acceptors (Lipinski definition) is 2. The Morgan fingerprint density at radius 2 is 2.06 bits per heavy atom. The SMILES string of the molecule is Cl.NC[C@@H](Cc1cc(F)ccc1F)C(=O)O. The van der Waals surface area contributed by atoms with Crippen LogP contribution in [0.3, 0.4) is 0 Å². The molecule has 0 aliphatic carbocycles. The molecule has 3 nitrogen and oxygen atoms in total. The van der Waals surface area contributed by atoms with Crippen molar-refractivity contribution in [2.75, 3.05) is 6.54 Å². The van der Waals surface area contributed by atoms with Crippen LogP contribution >= 0.6 is 12.4 Å². The first-order valence-corrected chi connectivity index (χ1v) is 4.41. The molecule has 6 heteroatoms. The predicted molar refractivity (Wildman–Crippen MR) is 57.5 cm³/mol. The lowest BCUT2D eigenvalue weighted by Crippen LogP contribution is -2.25. The van der Waals surface area contributed by atoms with Crippen molar-refractivity contribution < 1.29 is 18.7 Å². The van der Waals surface area contributed by atoms with Gasteiger partial charge in [0, 0.05) is 6.54 Å². The molecule has 0 amide bonds. The second kappa shape index (κ2) is 6.40. The van der Waals surface area contributed by atoms with Gasteiger partial charge in [-0.3, -0.25) is 4.79 Å². The lowest BCUT2D eigenvalue weighted by Gasteiger charge is -2.10. The monoisotopic (exact) mass is 251 g/mol. The minimum atomic E-state index is -1.11. The van der Waals surface area contributed by atoms with E-state index in [-0.39, 0.29) is 30.9 Å². The Morgan fingerprint density at radius 3 is 2.56 bits per heavy atom. The van der Waals surface area contributed by atoms with Gasteiger partial charge in [-0.15, -0.1) is 12.4 Å². The highest BCUT2D eigenvalue weighted by Crippen LogP contribution is 2.14. The first kappa shape index (κ1) is 14.8. The van der Waals surface area contributed by atoms with Gasteiger partial charge in [0.1, 0.15) is 11.6 Å². The zero-order valence-corrected chi connectivity index (χ0v) is 9.14. The van der Waals surface area contributed by atoms with Gasteiger partial charge in [0.25, 0.3) is 0 Å². The fourth-order valence-corrected chi connectivity index (χ4v) is 1.24. The number of carboxylic acids is 1. The van der Waals surface area contributed by atoms with Crippen LogP contribution < -0.4 is 5.73 Å². The van der Waals surface area contributed by atoms with Gasteiger partial charge < -0.3 is 10.8 Å². The number of rotatable bonds is 4. The molecule has 0 spiro atoms. The van der Waals surface area contributed by atoms with Crippen LogP contribution in [0.5, 0.6) is 0 Å². The van der Waals surface area contributed by atoms with Gasteiger partial charge in [-0.25, -0.2) is 8.78 Å². The van der Waals surface area contributed by atoms with E-state index in [2.05, 4.69) is 0 Å². The summed E-state index contributed by atoms with van der Waals surface area (Å²) in [6.45, 7) is -0.106. The van der Waals surface area contributed by atoms with Crippen LogP contribution in [-0.4, -0.2) is 17.6 Å². The molecule has 90 valence electrons. The second-order valence-electron chi connectivity index (χ2n) is 3.21. The molecule has 1 atom stereocenters. The van der Waals surface area contributed by atoms with Gasteiger partial charge in [-0.2, -0.15) is 0 Å². The highest BCUT2D eigenvalue weighted by Gasteiger charge is 2.18. The Hall–Kier alpha value is -1.20. The molecule has 0 fully saturated rings. The first-order chi connectivity index (χ1) is 7.04. The van der Waals surface area contributed by atoms with Crippen molar-refractivity contribution in [1.29, 1.82) is 0 Å². The zero-order chi connectivity index (χ0) is 11.4. The number of benzene rings is 1. The van der Waals surface area contributed by atoms with Gasteiger partial charge in [-0.1, -0.05) is 0 Å². The van der Waals surface area contributed by atoms with E-state index in [0.717, 1.165) is 18.2 Å². The molecule has 1 aromatic rings. The van der Waals surface area contributed by atoms with Crippen LogP contribution in [0.2, 0.25) is 0 Å². The third kappa shape index (κ3) is 3.75. The quantitative estimate of drug-likeness (QED) is 0.854. The minimum absolute atomic E-state index is 0. The van der Waals surface area contributed by atoms with E-state index in [4.69, 9.17) is 10.8 Å². The molecule has 0 unspecified atom stereocenters. The zero-order valence-electron chi connectivity index (χ0n) is 8.32. The van der Waals surface area contributed by atoms with Crippen molar-refractivity contribution in [3.05, 3.63) is 35.4 Å². The molecule has 0 aliphatic heterocycles.